The van der Waals surface area contributed by atoms with Crippen LogP contribution in [0.2, 0.25) is 0 Å². The summed E-state index contributed by atoms with van der Waals surface area (Å²) in [5.41, 5.74) is 2.04. The topological polar surface area (TPSA) is 65.5 Å². The average molecular weight is 453 g/mol. The van der Waals surface area contributed by atoms with Crippen molar-refractivity contribution in [1.82, 2.24) is 14.8 Å². The van der Waals surface area contributed by atoms with Crippen LogP contribution in [-0.4, -0.2) is 52.8 Å². The van der Waals surface area contributed by atoms with Crippen LogP contribution in [0.25, 0.3) is 6.08 Å². The van der Waals surface area contributed by atoms with Gasteiger partial charge in [-0.3, -0.25) is 14.5 Å². The first-order chi connectivity index (χ1) is 15.6. The van der Waals surface area contributed by atoms with Gasteiger partial charge in [-0.1, -0.05) is 37.3 Å². The Bertz CT molecular complexity index is 934. The SMILES string of the molecule is CC1CCCN(Cc2csc(NC(=O)C3CCN(C(=O)/C=C/c4ccccc4)CC3)n2)C1. The minimum Gasteiger partial charge on any atom is -0.339 e. The molecule has 1 N–H and O–H groups in total. The second kappa shape index (κ2) is 10.9. The molecular formula is C25H32N4O2S. The van der Waals surface area contributed by atoms with Gasteiger partial charge in [-0.15, -0.1) is 11.3 Å². The summed E-state index contributed by atoms with van der Waals surface area (Å²) in [7, 11) is 0. The number of likely N-dealkylation sites (tertiary alicyclic amines) is 2. The minimum atomic E-state index is -0.0764. The van der Waals surface area contributed by atoms with Crippen LogP contribution in [0.1, 0.15) is 43.9 Å². The largest absolute Gasteiger partial charge is 0.339 e. The first-order valence-electron chi connectivity index (χ1n) is 11.6. The normalized spacial score (nSPS) is 20.5. The van der Waals surface area contributed by atoms with Gasteiger partial charge in [0, 0.05) is 43.6 Å². The van der Waals surface area contributed by atoms with Gasteiger partial charge < -0.3 is 10.2 Å². The Morgan fingerprint density at radius 2 is 1.94 bits per heavy atom. The van der Waals surface area contributed by atoms with Crippen molar-refractivity contribution in [1.29, 1.82) is 0 Å². The Labute approximate surface area is 194 Å². The number of nitrogens with zero attached hydrogens (tertiary/aromatic N) is 3. The van der Waals surface area contributed by atoms with Crippen LogP contribution in [0.5, 0.6) is 0 Å². The van der Waals surface area contributed by atoms with Crippen LogP contribution in [-0.2, 0) is 16.1 Å². The van der Waals surface area contributed by atoms with Gasteiger partial charge in [-0.25, -0.2) is 4.98 Å². The summed E-state index contributed by atoms with van der Waals surface area (Å²) in [6.45, 7) is 6.61. The van der Waals surface area contributed by atoms with Crippen molar-refractivity contribution in [3.8, 4) is 0 Å². The summed E-state index contributed by atoms with van der Waals surface area (Å²) in [5.74, 6) is 0.689. The van der Waals surface area contributed by atoms with Gasteiger partial charge in [0.15, 0.2) is 5.13 Å². The number of benzene rings is 1. The fourth-order valence-electron chi connectivity index (χ4n) is 4.50. The Hall–Kier alpha value is -2.51. The van der Waals surface area contributed by atoms with Gasteiger partial charge in [0.25, 0.3) is 0 Å². The summed E-state index contributed by atoms with van der Waals surface area (Å²) < 4.78 is 0. The van der Waals surface area contributed by atoms with Gasteiger partial charge in [0.2, 0.25) is 11.8 Å². The van der Waals surface area contributed by atoms with Crippen molar-refractivity contribution in [2.24, 2.45) is 11.8 Å². The number of rotatable bonds is 6. The van der Waals surface area contributed by atoms with E-state index in [0.29, 0.717) is 31.1 Å². The predicted octanol–water partition coefficient (Wildman–Crippen LogP) is 4.27. The van der Waals surface area contributed by atoms with E-state index in [1.807, 2.05) is 41.3 Å². The third-order valence-electron chi connectivity index (χ3n) is 6.30. The zero-order chi connectivity index (χ0) is 22.3. The van der Waals surface area contributed by atoms with E-state index in [1.165, 1.54) is 24.2 Å². The highest BCUT2D eigenvalue weighted by atomic mass is 32.1. The van der Waals surface area contributed by atoms with Gasteiger partial charge in [0.1, 0.15) is 0 Å². The fraction of sp³-hybridized carbons (Fsp3) is 0.480. The molecule has 170 valence electrons. The summed E-state index contributed by atoms with van der Waals surface area (Å²) >= 11 is 1.50. The smallest absolute Gasteiger partial charge is 0.246 e. The zero-order valence-corrected chi connectivity index (χ0v) is 19.5. The van der Waals surface area contributed by atoms with Crippen molar-refractivity contribution >= 4 is 34.4 Å². The van der Waals surface area contributed by atoms with Crippen LogP contribution >= 0.6 is 11.3 Å². The Balaban J connectivity index is 1.22. The van der Waals surface area contributed by atoms with E-state index in [-0.39, 0.29) is 17.7 Å². The molecule has 6 nitrogen and oxygen atoms in total. The molecule has 2 amide bonds. The molecular weight excluding hydrogens is 420 g/mol. The van der Waals surface area contributed by atoms with Crippen molar-refractivity contribution < 1.29 is 9.59 Å². The number of carbonyl (C=O) groups excluding carboxylic acids is 2. The molecule has 0 radical (unpaired) electrons. The average Bonchev–Trinajstić information content (AvgIpc) is 3.24. The highest BCUT2D eigenvalue weighted by Crippen LogP contribution is 2.23. The first kappa shape index (κ1) is 22.7. The maximum atomic E-state index is 12.7. The number of hydrogen-bond acceptors (Lipinski definition) is 5. The molecule has 2 fully saturated rings. The molecule has 0 spiro atoms. The third-order valence-corrected chi connectivity index (χ3v) is 7.11. The Morgan fingerprint density at radius 1 is 1.16 bits per heavy atom. The van der Waals surface area contributed by atoms with Crippen LogP contribution in [0.15, 0.2) is 41.8 Å². The number of nitrogens with one attached hydrogen (secondary N) is 1. The van der Waals surface area contributed by atoms with E-state index >= 15 is 0 Å². The lowest BCUT2D eigenvalue weighted by Crippen LogP contribution is -2.40. The molecule has 32 heavy (non-hydrogen) atoms. The molecule has 4 rings (SSSR count). The molecule has 2 aliphatic heterocycles. The molecule has 1 aromatic heterocycles. The monoisotopic (exact) mass is 452 g/mol. The van der Waals surface area contributed by atoms with E-state index in [2.05, 4.69) is 27.5 Å². The standard InChI is InChI=1S/C25H32N4O2S/c1-19-6-5-13-28(16-19)17-22-18-32-25(26-22)27-24(31)21-11-14-29(15-12-21)23(30)10-9-20-7-3-2-4-8-20/h2-4,7-10,18-19,21H,5-6,11-17H2,1H3,(H,26,27,31)/b10-9+. The summed E-state index contributed by atoms with van der Waals surface area (Å²) in [6, 6.07) is 9.80. The van der Waals surface area contributed by atoms with Crippen LogP contribution in [0.4, 0.5) is 5.13 Å². The predicted molar refractivity (Wildman–Crippen MR) is 129 cm³/mol. The maximum absolute atomic E-state index is 12.7. The molecule has 2 aliphatic rings. The molecule has 1 unspecified atom stereocenters. The number of anilines is 1. The van der Waals surface area contributed by atoms with Gasteiger partial charge in [-0.05, 0) is 49.8 Å². The fourth-order valence-corrected chi connectivity index (χ4v) is 5.21. The molecule has 0 saturated carbocycles. The van der Waals surface area contributed by atoms with Gasteiger partial charge in [0.05, 0.1) is 5.69 Å². The molecule has 1 atom stereocenters. The van der Waals surface area contributed by atoms with E-state index in [1.54, 1.807) is 6.08 Å². The first-order valence-corrected chi connectivity index (χ1v) is 12.4. The van der Waals surface area contributed by atoms with Crippen LogP contribution in [0.3, 0.4) is 0 Å². The van der Waals surface area contributed by atoms with Crippen LogP contribution < -0.4 is 5.32 Å². The van der Waals surface area contributed by atoms with Crippen molar-refractivity contribution in [3.05, 3.63) is 53.0 Å². The quantitative estimate of drug-likeness (QED) is 0.665. The molecule has 2 saturated heterocycles. The number of carbonyl (C=O) groups is 2. The second-order valence-corrected chi connectivity index (χ2v) is 9.82. The molecule has 0 aliphatic carbocycles. The van der Waals surface area contributed by atoms with Crippen LogP contribution in [0, 0.1) is 11.8 Å². The lowest BCUT2D eigenvalue weighted by molar-refractivity contribution is -0.130. The summed E-state index contributed by atoms with van der Waals surface area (Å²) in [4.78, 5) is 34.1. The Kier molecular flexibility index (Phi) is 7.71. The number of piperidine rings is 2. The second-order valence-electron chi connectivity index (χ2n) is 8.96. The third kappa shape index (κ3) is 6.26. The molecule has 3 heterocycles. The zero-order valence-electron chi connectivity index (χ0n) is 18.7. The van der Waals surface area contributed by atoms with E-state index in [0.717, 1.165) is 36.8 Å². The highest BCUT2D eigenvalue weighted by Gasteiger charge is 2.27. The number of hydrogen-bond donors (Lipinski definition) is 1. The van der Waals surface area contributed by atoms with E-state index < -0.39 is 0 Å². The summed E-state index contributed by atoms with van der Waals surface area (Å²) in [6.07, 6.45) is 7.38. The van der Waals surface area contributed by atoms with Crippen molar-refractivity contribution in [2.45, 2.75) is 39.2 Å². The van der Waals surface area contributed by atoms with Gasteiger partial charge in [-0.2, -0.15) is 0 Å². The Morgan fingerprint density at radius 3 is 2.69 bits per heavy atom. The summed E-state index contributed by atoms with van der Waals surface area (Å²) in [5, 5.41) is 5.73. The number of thiazole rings is 1. The molecule has 0 bridgehead atoms. The maximum Gasteiger partial charge on any atom is 0.246 e. The molecule has 7 heteroatoms. The highest BCUT2D eigenvalue weighted by molar-refractivity contribution is 7.13. The number of amides is 2. The number of aromatic nitrogens is 1. The van der Waals surface area contributed by atoms with Crippen molar-refractivity contribution in [3.63, 3.8) is 0 Å². The van der Waals surface area contributed by atoms with Gasteiger partial charge >= 0.3 is 0 Å². The lowest BCUT2D eigenvalue weighted by Gasteiger charge is -2.30. The van der Waals surface area contributed by atoms with Crippen molar-refractivity contribution in [2.75, 3.05) is 31.5 Å². The molecule has 2 aromatic rings. The van der Waals surface area contributed by atoms with E-state index in [4.69, 9.17) is 0 Å². The molecule has 1 aromatic carbocycles. The lowest BCUT2D eigenvalue weighted by atomic mass is 9.96. The minimum absolute atomic E-state index is 0.00399. The van der Waals surface area contributed by atoms with E-state index in [9.17, 15) is 9.59 Å².